The third kappa shape index (κ3) is 2.69. The molecule has 6 nitrogen and oxygen atoms in total. The Balaban J connectivity index is 2.42. The maximum Gasteiger partial charge on any atom is 0.261 e. The molecule has 0 spiro atoms. The van der Waals surface area contributed by atoms with Gasteiger partial charge in [0.25, 0.3) is 5.91 Å². The third-order valence-corrected chi connectivity index (χ3v) is 5.70. The number of rotatable bonds is 5. The lowest BCUT2D eigenvalue weighted by Crippen LogP contribution is -2.12. The Morgan fingerprint density at radius 1 is 1.53 bits per heavy atom. The number of hydrogen-bond acceptors (Lipinski definition) is 6. The molecule has 1 amide bonds. The van der Waals surface area contributed by atoms with E-state index in [2.05, 4.69) is 12.2 Å². The molecule has 1 aromatic heterocycles. The van der Waals surface area contributed by atoms with E-state index < -0.39 is 15.7 Å². The first-order valence-electron chi connectivity index (χ1n) is 5.94. The molecule has 2 atom stereocenters. The normalized spacial score (nSPS) is 22.2. The van der Waals surface area contributed by atoms with Crippen molar-refractivity contribution in [2.24, 2.45) is 11.7 Å². The van der Waals surface area contributed by atoms with Gasteiger partial charge in [-0.3, -0.25) is 4.79 Å². The first-order valence-corrected chi connectivity index (χ1v) is 8.65. The Bertz CT molecular complexity index is 621. The first kappa shape index (κ1) is 14.1. The van der Waals surface area contributed by atoms with E-state index in [9.17, 15) is 13.2 Å². The van der Waals surface area contributed by atoms with Crippen molar-refractivity contribution < 1.29 is 13.2 Å². The van der Waals surface area contributed by atoms with Crippen LogP contribution in [0.1, 0.15) is 29.4 Å². The van der Waals surface area contributed by atoms with E-state index in [-0.39, 0.29) is 21.5 Å². The molecule has 2 rings (SSSR count). The summed E-state index contributed by atoms with van der Waals surface area (Å²) in [7, 11) is -3.50. The first-order chi connectivity index (χ1) is 8.75. The summed E-state index contributed by atoms with van der Waals surface area (Å²) in [5.41, 5.74) is 10.9. The quantitative estimate of drug-likeness (QED) is 0.751. The molecule has 1 aromatic rings. The SMILES string of the molecule is CCC1CC1Nc1sc(C(N)=O)c(N)c1S(C)(=O)=O. The molecule has 19 heavy (non-hydrogen) atoms. The van der Waals surface area contributed by atoms with Gasteiger partial charge >= 0.3 is 0 Å². The molecular weight excluding hydrogens is 286 g/mol. The van der Waals surface area contributed by atoms with Crippen LogP contribution in [0.3, 0.4) is 0 Å². The van der Waals surface area contributed by atoms with E-state index in [1.165, 1.54) is 0 Å². The Morgan fingerprint density at radius 2 is 2.16 bits per heavy atom. The number of nitrogens with two attached hydrogens (primary N) is 2. The van der Waals surface area contributed by atoms with Crippen LogP contribution >= 0.6 is 11.3 Å². The largest absolute Gasteiger partial charge is 0.396 e. The molecule has 0 bridgehead atoms. The van der Waals surface area contributed by atoms with Gasteiger partial charge in [0.05, 0.1) is 5.69 Å². The predicted octanol–water partition coefficient (Wildman–Crippen LogP) is 1.04. The highest BCUT2D eigenvalue weighted by Crippen LogP contribution is 2.43. The molecule has 0 saturated heterocycles. The number of primary amides is 1. The number of nitrogens with one attached hydrogen (secondary N) is 1. The van der Waals surface area contributed by atoms with Gasteiger partial charge in [0.1, 0.15) is 14.8 Å². The number of sulfone groups is 1. The molecule has 0 aliphatic heterocycles. The molecule has 1 fully saturated rings. The standard InChI is InChI=1S/C11H17N3O3S2/c1-3-5-4-6(5)14-11-9(19(2,16)17)7(12)8(18-11)10(13)15/h5-6,14H,3-4,12H2,1-2H3,(H2,13,15). The number of hydrogen-bond donors (Lipinski definition) is 3. The molecule has 1 heterocycles. The predicted molar refractivity (Wildman–Crippen MR) is 76.2 cm³/mol. The Hall–Kier alpha value is -1.28. The number of anilines is 2. The van der Waals surface area contributed by atoms with Crippen LogP contribution in [0, 0.1) is 5.92 Å². The van der Waals surface area contributed by atoms with Gasteiger partial charge in [-0.2, -0.15) is 0 Å². The summed E-state index contributed by atoms with van der Waals surface area (Å²) in [4.78, 5) is 11.4. The van der Waals surface area contributed by atoms with Crippen LogP contribution in [0.15, 0.2) is 4.90 Å². The van der Waals surface area contributed by atoms with Crippen molar-refractivity contribution in [3.05, 3.63) is 4.88 Å². The molecule has 0 radical (unpaired) electrons. The van der Waals surface area contributed by atoms with Crippen molar-refractivity contribution in [1.29, 1.82) is 0 Å². The van der Waals surface area contributed by atoms with Gasteiger partial charge in [-0.05, 0) is 12.3 Å². The monoisotopic (exact) mass is 303 g/mol. The summed E-state index contributed by atoms with van der Waals surface area (Å²) in [6.45, 7) is 2.08. The Kier molecular flexibility index (Phi) is 3.48. The third-order valence-electron chi connectivity index (χ3n) is 3.26. The second-order valence-corrected chi connectivity index (χ2v) is 7.77. The highest BCUT2D eigenvalue weighted by Gasteiger charge is 2.37. The van der Waals surface area contributed by atoms with Gasteiger partial charge in [0.2, 0.25) is 0 Å². The van der Waals surface area contributed by atoms with Crippen LogP contribution < -0.4 is 16.8 Å². The van der Waals surface area contributed by atoms with Crippen LogP contribution in [0.5, 0.6) is 0 Å². The molecule has 0 aromatic carbocycles. The molecule has 5 N–H and O–H groups in total. The summed E-state index contributed by atoms with van der Waals surface area (Å²) < 4.78 is 23.6. The minimum Gasteiger partial charge on any atom is -0.396 e. The lowest BCUT2D eigenvalue weighted by Gasteiger charge is -2.05. The van der Waals surface area contributed by atoms with Gasteiger partial charge in [-0.25, -0.2) is 8.42 Å². The zero-order valence-corrected chi connectivity index (χ0v) is 12.4. The summed E-state index contributed by atoms with van der Waals surface area (Å²) >= 11 is 1.01. The number of carbonyl (C=O) groups is 1. The van der Waals surface area contributed by atoms with E-state index >= 15 is 0 Å². The molecule has 1 saturated carbocycles. The van der Waals surface area contributed by atoms with Crippen molar-refractivity contribution in [3.8, 4) is 0 Å². The van der Waals surface area contributed by atoms with Crippen molar-refractivity contribution >= 4 is 37.8 Å². The van der Waals surface area contributed by atoms with Crippen LogP contribution in [-0.2, 0) is 9.84 Å². The second-order valence-electron chi connectivity index (χ2n) is 4.79. The summed E-state index contributed by atoms with van der Waals surface area (Å²) in [5, 5.41) is 3.59. The van der Waals surface area contributed by atoms with Crippen LogP contribution in [0.4, 0.5) is 10.7 Å². The fraction of sp³-hybridized carbons (Fsp3) is 0.545. The summed E-state index contributed by atoms with van der Waals surface area (Å²) in [6, 6.07) is 0.254. The average molecular weight is 303 g/mol. The lowest BCUT2D eigenvalue weighted by molar-refractivity contribution is 0.100. The zero-order valence-electron chi connectivity index (χ0n) is 10.8. The van der Waals surface area contributed by atoms with Crippen molar-refractivity contribution in [1.82, 2.24) is 0 Å². The van der Waals surface area contributed by atoms with Gasteiger partial charge in [0, 0.05) is 12.3 Å². The number of amides is 1. The fourth-order valence-electron chi connectivity index (χ4n) is 2.12. The highest BCUT2D eigenvalue weighted by atomic mass is 32.2. The van der Waals surface area contributed by atoms with E-state index in [4.69, 9.17) is 11.5 Å². The summed E-state index contributed by atoms with van der Waals surface area (Å²) in [6.07, 6.45) is 3.12. The highest BCUT2D eigenvalue weighted by molar-refractivity contribution is 7.91. The van der Waals surface area contributed by atoms with Crippen LogP contribution in [-0.4, -0.2) is 26.6 Å². The Morgan fingerprint density at radius 3 is 2.58 bits per heavy atom. The molecule has 2 unspecified atom stereocenters. The smallest absolute Gasteiger partial charge is 0.261 e. The van der Waals surface area contributed by atoms with E-state index in [1.54, 1.807) is 0 Å². The molecular formula is C11H17N3O3S2. The van der Waals surface area contributed by atoms with Gasteiger partial charge in [-0.1, -0.05) is 13.3 Å². The van der Waals surface area contributed by atoms with E-state index in [0.29, 0.717) is 10.9 Å². The topological polar surface area (TPSA) is 115 Å². The van der Waals surface area contributed by atoms with Gasteiger partial charge in [0.15, 0.2) is 9.84 Å². The molecule has 106 valence electrons. The fourth-order valence-corrected chi connectivity index (χ4v) is 4.59. The van der Waals surface area contributed by atoms with Gasteiger partial charge < -0.3 is 16.8 Å². The number of nitrogen functional groups attached to an aromatic ring is 1. The number of thiophene rings is 1. The zero-order chi connectivity index (χ0) is 14.4. The van der Waals surface area contributed by atoms with E-state index in [1.807, 2.05) is 0 Å². The molecule has 1 aliphatic carbocycles. The van der Waals surface area contributed by atoms with Crippen LogP contribution in [0.2, 0.25) is 0 Å². The second kappa shape index (κ2) is 4.68. The maximum absolute atomic E-state index is 11.8. The van der Waals surface area contributed by atoms with Crippen molar-refractivity contribution in [2.75, 3.05) is 17.3 Å². The minimum absolute atomic E-state index is 0.00643. The van der Waals surface area contributed by atoms with Crippen LogP contribution in [0.25, 0.3) is 0 Å². The molecule has 8 heteroatoms. The lowest BCUT2D eigenvalue weighted by atomic mass is 10.3. The van der Waals surface area contributed by atoms with E-state index in [0.717, 1.165) is 30.4 Å². The van der Waals surface area contributed by atoms with Crippen molar-refractivity contribution in [2.45, 2.75) is 30.7 Å². The summed E-state index contributed by atoms with van der Waals surface area (Å²) in [5.74, 6) is -0.156. The maximum atomic E-state index is 11.8. The number of carbonyl (C=O) groups excluding carboxylic acids is 1. The minimum atomic E-state index is -3.50. The Labute approximate surface area is 116 Å². The molecule has 1 aliphatic rings. The van der Waals surface area contributed by atoms with Gasteiger partial charge in [-0.15, -0.1) is 11.3 Å². The average Bonchev–Trinajstić information content (AvgIpc) is 2.92. The van der Waals surface area contributed by atoms with Crippen molar-refractivity contribution in [3.63, 3.8) is 0 Å².